The number of rotatable bonds is 9. The van der Waals surface area contributed by atoms with Gasteiger partial charge >= 0.3 is 0 Å². The molecule has 3 heterocycles. The summed E-state index contributed by atoms with van der Waals surface area (Å²) in [5.41, 5.74) is 16.3. The molecule has 5 heteroatoms. The van der Waals surface area contributed by atoms with Gasteiger partial charge in [-0.15, -0.1) is 0 Å². The summed E-state index contributed by atoms with van der Waals surface area (Å²) < 4.78 is 16.9. The molecule has 0 bridgehead atoms. The smallest absolute Gasteiger partial charge is 0.159 e. The molecule has 382 valence electrons. The number of nitrogens with zero attached hydrogens (tertiary/aromatic N) is 3. The number of hydrogen-bond acceptors (Lipinski definition) is 4. The Bertz CT molecular complexity index is 4640. The molecule has 0 radical (unpaired) electrons. The Labute approximate surface area is 459 Å². The molecule has 14 aromatic rings. The molecule has 2 fully saturated rings. The highest BCUT2D eigenvalue weighted by molar-refractivity contribution is 6.17. The van der Waals surface area contributed by atoms with Crippen LogP contribution in [0.5, 0.6) is 0 Å². The molecule has 11 aromatic carbocycles. The lowest BCUT2D eigenvalue weighted by Crippen LogP contribution is -2.10. The summed E-state index contributed by atoms with van der Waals surface area (Å²) in [5, 5.41) is 11.8. The summed E-state index contributed by atoms with van der Waals surface area (Å²) in [4.78, 5) is 4.79. The molecule has 0 aliphatic heterocycles. The van der Waals surface area contributed by atoms with E-state index in [0.29, 0.717) is 11.8 Å². The molecule has 0 atom stereocenters. The van der Waals surface area contributed by atoms with E-state index < -0.39 is 0 Å². The maximum atomic E-state index is 7.20. The number of furan rings is 2. The summed E-state index contributed by atoms with van der Waals surface area (Å²) in [5.74, 6) is 1.05. The van der Waals surface area contributed by atoms with Crippen LogP contribution in [-0.4, -0.2) is 4.57 Å². The van der Waals surface area contributed by atoms with Crippen LogP contribution in [-0.2, 0) is 0 Å². The number of benzene rings is 11. The molecule has 2 saturated carbocycles. The van der Waals surface area contributed by atoms with Gasteiger partial charge in [-0.1, -0.05) is 184 Å². The monoisotopic (exact) mass is 1020 g/mol. The molecular formula is C74H59N3O2. The zero-order valence-corrected chi connectivity index (χ0v) is 44.2. The minimum Gasteiger partial charge on any atom is -0.454 e. The predicted molar refractivity (Wildman–Crippen MR) is 331 cm³/mol. The van der Waals surface area contributed by atoms with Gasteiger partial charge in [0.1, 0.15) is 11.2 Å². The Morgan fingerprint density at radius 2 is 0.785 bits per heavy atom. The fourth-order valence-corrected chi connectivity index (χ4v) is 14.2. The number of fused-ring (bicyclic) bond motifs is 11. The van der Waals surface area contributed by atoms with E-state index in [-0.39, 0.29) is 0 Å². The van der Waals surface area contributed by atoms with Crippen LogP contribution in [0.3, 0.4) is 0 Å². The van der Waals surface area contributed by atoms with Crippen molar-refractivity contribution >= 4 is 121 Å². The maximum absolute atomic E-state index is 7.20. The number of para-hydroxylation sites is 6. The first kappa shape index (κ1) is 46.1. The summed E-state index contributed by atoms with van der Waals surface area (Å²) in [7, 11) is 0. The Hall–Kier alpha value is -9.06. The zero-order chi connectivity index (χ0) is 52.0. The molecule has 0 amide bonds. The molecule has 79 heavy (non-hydrogen) atoms. The van der Waals surface area contributed by atoms with Crippen molar-refractivity contribution in [2.45, 2.75) is 76.0 Å². The van der Waals surface area contributed by atoms with E-state index in [0.717, 1.165) is 89.3 Å². The van der Waals surface area contributed by atoms with E-state index in [2.05, 4.69) is 239 Å². The normalized spacial score (nSPS) is 14.7. The lowest BCUT2D eigenvalue weighted by Gasteiger charge is -2.26. The molecule has 0 N–H and O–H groups in total. The average molecular weight is 1020 g/mol. The predicted octanol–water partition coefficient (Wildman–Crippen LogP) is 21.9. The van der Waals surface area contributed by atoms with Gasteiger partial charge in [0, 0.05) is 60.5 Å². The Morgan fingerprint density at radius 1 is 0.304 bits per heavy atom. The fourth-order valence-electron chi connectivity index (χ4n) is 14.2. The second-order valence-electron chi connectivity index (χ2n) is 22.4. The van der Waals surface area contributed by atoms with Crippen molar-refractivity contribution < 1.29 is 8.83 Å². The van der Waals surface area contributed by atoms with Gasteiger partial charge < -0.3 is 23.2 Å². The molecule has 0 unspecified atom stereocenters. The highest BCUT2D eigenvalue weighted by Gasteiger charge is 2.27. The first-order valence-corrected chi connectivity index (χ1v) is 28.8. The van der Waals surface area contributed by atoms with Crippen molar-refractivity contribution in [3.63, 3.8) is 0 Å². The van der Waals surface area contributed by atoms with Gasteiger partial charge in [-0.2, -0.15) is 0 Å². The highest BCUT2D eigenvalue weighted by Crippen LogP contribution is 2.49. The van der Waals surface area contributed by atoms with Crippen molar-refractivity contribution in [3.05, 3.63) is 236 Å². The van der Waals surface area contributed by atoms with Crippen molar-refractivity contribution in [1.29, 1.82) is 0 Å². The first-order chi connectivity index (χ1) is 39.2. The van der Waals surface area contributed by atoms with E-state index in [9.17, 15) is 0 Å². The van der Waals surface area contributed by atoms with Gasteiger partial charge in [-0.25, -0.2) is 0 Å². The van der Waals surface area contributed by atoms with Gasteiger partial charge in [0.2, 0.25) is 0 Å². The number of aromatic nitrogens is 1. The molecule has 5 nitrogen and oxygen atoms in total. The SMILES string of the molecule is c1ccc(N(c2ccc3cc4c5ccc(N(c6ccccc6)c6cccc7c6oc6c(C8CCCCC8)cccc67)cc5n(-c5cccc6ccccc56)c4cc3c2)c2cccc3c2oc2c(C4CCCCC4)cccc23)cc1. The van der Waals surface area contributed by atoms with Gasteiger partial charge in [-0.3, -0.25) is 0 Å². The second-order valence-corrected chi connectivity index (χ2v) is 22.4. The maximum Gasteiger partial charge on any atom is 0.159 e. The third-order valence-corrected chi connectivity index (χ3v) is 17.9. The largest absolute Gasteiger partial charge is 0.454 e. The van der Waals surface area contributed by atoms with E-state index in [1.165, 1.54) is 113 Å². The van der Waals surface area contributed by atoms with Gasteiger partial charge in [-0.05, 0) is 144 Å². The summed E-state index contributed by atoms with van der Waals surface area (Å²) >= 11 is 0. The Kier molecular flexibility index (Phi) is 11.0. The Balaban J connectivity index is 0.900. The summed E-state index contributed by atoms with van der Waals surface area (Å²) in [6, 6.07) is 82.8. The van der Waals surface area contributed by atoms with Crippen LogP contribution < -0.4 is 9.80 Å². The van der Waals surface area contributed by atoms with E-state index in [1.807, 2.05) is 0 Å². The summed E-state index contributed by atoms with van der Waals surface area (Å²) in [6.45, 7) is 0. The van der Waals surface area contributed by atoms with Crippen molar-refractivity contribution in [3.8, 4) is 5.69 Å². The van der Waals surface area contributed by atoms with Crippen molar-refractivity contribution in [2.24, 2.45) is 0 Å². The topological polar surface area (TPSA) is 37.7 Å². The lowest BCUT2D eigenvalue weighted by molar-refractivity contribution is 0.442. The van der Waals surface area contributed by atoms with Crippen molar-refractivity contribution in [1.82, 2.24) is 4.57 Å². The van der Waals surface area contributed by atoms with Gasteiger partial charge in [0.25, 0.3) is 0 Å². The third kappa shape index (κ3) is 7.58. The van der Waals surface area contributed by atoms with Gasteiger partial charge in [0.05, 0.1) is 28.1 Å². The zero-order valence-electron chi connectivity index (χ0n) is 44.2. The molecular weight excluding hydrogens is 963 g/mol. The quantitative estimate of drug-likeness (QED) is 0.144. The average Bonchev–Trinajstić information content (AvgIpc) is 4.20. The van der Waals surface area contributed by atoms with E-state index in [1.54, 1.807) is 0 Å². The Morgan fingerprint density at radius 3 is 1.39 bits per heavy atom. The van der Waals surface area contributed by atoms with Crippen molar-refractivity contribution in [2.75, 3.05) is 9.80 Å². The molecule has 0 saturated heterocycles. The number of hydrogen-bond donors (Lipinski definition) is 0. The standard InChI is InChI=1S/C74H59N3O2/c1-5-20-49(21-6-1)58-31-16-33-61-63-35-18-38-67(73(63)78-71(58)61)75(53-26-9-3-10-27-53)55-41-40-51-45-65-60-43-42-56(47-70(60)77(69(65)46-52(51)44-55)66-37-15-25-48-24-13-14-30-57(48)66)76(54-28-11-4-12-29-54)68-39-19-36-64-62-34-17-32-59(72(62)79-74(64)68)50-22-7-2-8-23-50/h3-4,9-19,24-47,49-50H,1-2,5-8,20-23H2. The minimum absolute atomic E-state index is 0.521. The van der Waals surface area contributed by atoms with Crippen LogP contribution in [0, 0.1) is 0 Å². The van der Waals surface area contributed by atoms with Gasteiger partial charge in [0.15, 0.2) is 11.2 Å². The van der Waals surface area contributed by atoms with Crippen LogP contribution >= 0.6 is 0 Å². The second kappa shape index (κ2) is 18.8. The van der Waals surface area contributed by atoms with Crippen LogP contribution in [0.15, 0.2) is 233 Å². The van der Waals surface area contributed by atoms with E-state index >= 15 is 0 Å². The third-order valence-electron chi connectivity index (χ3n) is 17.9. The molecule has 2 aliphatic rings. The molecule has 2 aliphatic carbocycles. The fraction of sp³-hybridized carbons (Fsp3) is 0.162. The van der Waals surface area contributed by atoms with Crippen LogP contribution in [0.4, 0.5) is 34.1 Å². The van der Waals surface area contributed by atoms with Crippen LogP contribution in [0.25, 0.3) is 92.9 Å². The molecule has 0 spiro atoms. The van der Waals surface area contributed by atoms with Crippen LogP contribution in [0.1, 0.15) is 87.2 Å². The summed E-state index contributed by atoms with van der Waals surface area (Å²) in [6.07, 6.45) is 12.6. The minimum atomic E-state index is 0.521. The van der Waals surface area contributed by atoms with Crippen LogP contribution in [0.2, 0.25) is 0 Å². The van der Waals surface area contributed by atoms with E-state index in [4.69, 9.17) is 8.83 Å². The molecule has 16 rings (SSSR count). The first-order valence-electron chi connectivity index (χ1n) is 28.8. The lowest BCUT2D eigenvalue weighted by atomic mass is 9.83. The molecule has 3 aromatic heterocycles. The number of anilines is 6. The highest BCUT2D eigenvalue weighted by atomic mass is 16.3.